The molecule has 0 atom stereocenters. The van der Waals surface area contributed by atoms with E-state index < -0.39 is 0 Å². The molecular formula is C14H22N2O. The van der Waals surface area contributed by atoms with Gasteiger partial charge in [-0.3, -0.25) is 4.79 Å². The van der Waals surface area contributed by atoms with Gasteiger partial charge in [0.15, 0.2) is 0 Å². The predicted octanol–water partition coefficient (Wildman–Crippen LogP) is 2.89. The number of hydrogen-bond donors (Lipinski definition) is 2. The minimum Gasteiger partial charge on any atom is -0.399 e. The van der Waals surface area contributed by atoms with Crippen molar-refractivity contribution < 1.29 is 4.79 Å². The van der Waals surface area contributed by atoms with Gasteiger partial charge in [0.05, 0.1) is 0 Å². The highest BCUT2D eigenvalue weighted by Crippen LogP contribution is 2.15. The maximum absolute atomic E-state index is 12.1. The molecule has 1 aromatic rings. The van der Waals surface area contributed by atoms with Gasteiger partial charge in [0.1, 0.15) is 0 Å². The first-order chi connectivity index (χ1) is 7.84. The fourth-order valence-electron chi connectivity index (χ4n) is 2.01. The Kier molecular flexibility index (Phi) is 4.16. The zero-order valence-corrected chi connectivity index (χ0v) is 11.1. The molecule has 1 rings (SSSR count). The van der Waals surface area contributed by atoms with Crippen molar-refractivity contribution in [2.75, 3.05) is 5.73 Å². The highest BCUT2D eigenvalue weighted by atomic mass is 16.1. The summed E-state index contributed by atoms with van der Waals surface area (Å²) in [6, 6.07) is 5.42. The van der Waals surface area contributed by atoms with Crippen molar-refractivity contribution >= 4 is 11.6 Å². The normalized spacial score (nSPS) is 11.3. The first kappa shape index (κ1) is 13.6. The van der Waals surface area contributed by atoms with E-state index >= 15 is 0 Å². The second-order valence-electron chi connectivity index (χ2n) is 5.22. The number of carbonyl (C=O) groups excluding carboxylic acids is 1. The summed E-state index contributed by atoms with van der Waals surface area (Å²) in [7, 11) is 0. The minimum absolute atomic E-state index is 0.0566. The van der Waals surface area contributed by atoms with Gasteiger partial charge in [0.25, 0.3) is 5.91 Å². The molecule has 0 aliphatic heterocycles. The van der Waals surface area contributed by atoms with E-state index in [1.165, 1.54) is 0 Å². The number of nitrogens with one attached hydrogen (secondary N) is 1. The lowest BCUT2D eigenvalue weighted by atomic mass is 9.98. The summed E-state index contributed by atoms with van der Waals surface area (Å²) < 4.78 is 0. The first-order valence-electron chi connectivity index (χ1n) is 6.04. The molecule has 0 radical (unpaired) electrons. The molecule has 1 aromatic carbocycles. The number of nitrogen functional groups attached to an aromatic ring is 1. The zero-order valence-electron chi connectivity index (χ0n) is 11.1. The van der Waals surface area contributed by atoms with Gasteiger partial charge >= 0.3 is 0 Å². The molecule has 0 heterocycles. The maximum atomic E-state index is 12.1. The smallest absolute Gasteiger partial charge is 0.251 e. The van der Waals surface area contributed by atoms with Gasteiger partial charge in [0.2, 0.25) is 0 Å². The van der Waals surface area contributed by atoms with Crippen molar-refractivity contribution in [3.8, 4) is 0 Å². The van der Waals surface area contributed by atoms with Gasteiger partial charge in [-0.1, -0.05) is 13.3 Å². The Labute approximate surface area is 103 Å². The zero-order chi connectivity index (χ0) is 13.1. The van der Waals surface area contributed by atoms with Crippen molar-refractivity contribution in [1.29, 1.82) is 0 Å². The van der Waals surface area contributed by atoms with Gasteiger partial charge < -0.3 is 11.1 Å². The quantitative estimate of drug-likeness (QED) is 0.787. The fourth-order valence-corrected chi connectivity index (χ4v) is 2.01. The summed E-state index contributed by atoms with van der Waals surface area (Å²) in [5, 5.41) is 3.03. The Hall–Kier alpha value is -1.51. The molecule has 3 N–H and O–H groups in total. The van der Waals surface area contributed by atoms with Crippen molar-refractivity contribution in [2.24, 2.45) is 0 Å². The van der Waals surface area contributed by atoms with Crippen LogP contribution in [0, 0.1) is 6.92 Å². The summed E-state index contributed by atoms with van der Waals surface area (Å²) in [5.74, 6) is -0.0566. The number of nitrogens with two attached hydrogens (primary N) is 1. The maximum Gasteiger partial charge on any atom is 0.251 e. The molecular weight excluding hydrogens is 212 g/mol. The van der Waals surface area contributed by atoms with Crippen LogP contribution >= 0.6 is 0 Å². The van der Waals surface area contributed by atoms with Crippen LogP contribution in [0.1, 0.15) is 49.5 Å². The molecule has 3 nitrogen and oxygen atoms in total. The molecule has 0 bridgehead atoms. The average Bonchev–Trinajstić information content (AvgIpc) is 2.14. The van der Waals surface area contributed by atoms with E-state index in [0.717, 1.165) is 18.4 Å². The highest BCUT2D eigenvalue weighted by Gasteiger charge is 2.20. The number of aryl methyl sites for hydroxylation is 1. The summed E-state index contributed by atoms with van der Waals surface area (Å²) in [4.78, 5) is 12.1. The fraction of sp³-hybridized carbons (Fsp3) is 0.500. The number of anilines is 1. The van der Waals surface area contributed by atoms with E-state index in [9.17, 15) is 4.79 Å². The molecule has 0 unspecified atom stereocenters. The van der Waals surface area contributed by atoms with Gasteiger partial charge in [-0.25, -0.2) is 0 Å². The largest absolute Gasteiger partial charge is 0.399 e. The molecule has 0 aliphatic rings. The molecule has 0 saturated heterocycles. The second kappa shape index (κ2) is 5.21. The number of hydrogen-bond acceptors (Lipinski definition) is 2. The lowest BCUT2D eigenvalue weighted by Crippen LogP contribution is -2.43. The van der Waals surface area contributed by atoms with Gasteiger partial charge in [-0.15, -0.1) is 0 Å². The summed E-state index contributed by atoms with van der Waals surface area (Å²) in [6.45, 7) is 8.12. The molecule has 0 aliphatic carbocycles. The van der Waals surface area contributed by atoms with Crippen molar-refractivity contribution in [3.05, 3.63) is 29.3 Å². The van der Waals surface area contributed by atoms with Crippen LogP contribution in [0.15, 0.2) is 18.2 Å². The summed E-state index contributed by atoms with van der Waals surface area (Å²) in [6.07, 6.45) is 2.00. The SMILES string of the molecule is CCCC(C)(C)NC(=O)c1cc(C)cc(N)c1. The molecule has 94 valence electrons. The molecule has 0 saturated carbocycles. The Bertz CT molecular complexity index is 390. The van der Waals surface area contributed by atoms with Crippen LogP contribution in [-0.2, 0) is 0 Å². The van der Waals surface area contributed by atoms with Gasteiger partial charge in [0, 0.05) is 16.8 Å². The van der Waals surface area contributed by atoms with Crippen LogP contribution in [0.2, 0.25) is 0 Å². The van der Waals surface area contributed by atoms with Crippen molar-refractivity contribution in [3.63, 3.8) is 0 Å². The van der Waals surface area contributed by atoms with Gasteiger partial charge in [-0.2, -0.15) is 0 Å². The van der Waals surface area contributed by atoms with Crippen LogP contribution in [-0.4, -0.2) is 11.4 Å². The Morgan fingerprint density at radius 1 is 1.35 bits per heavy atom. The number of benzene rings is 1. The van der Waals surface area contributed by atoms with E-state index in [1.54, 1.807) is 6.07 Å². The molecule has 0 aromatic heterocycles. The topological polar surface area (TPSA) is 55.1 Å². The summed E-state index contributed by atoms with van der Waals surface area (Å²) in [5.41, 5.74) is 7.83. The third kappa shape index (κ3) is 4.10. The van der Waals surface area contributed by atoms with E-state index in [4.69, 9.17) is 5.73 Å². The summed E-state index contributed by atoms with van der Waals surface area (Å²) >= 11 is 0. The molecule has 0 fully saturated rings. The van der Waals surface area contributed by atoms with Crippen LogP contribution < -0.4 is 11.1 Å². The average molecular weight is 234 g/mol. The second-order valence-corrected chi connectivity index (χ2v) is 5.22. The van der Waals surface area contributed by atoms with E-state index in [2.05, 4.69) is 12.2 Å². The van der Waals surface area contributed by atoms with Crippen LogP contribution in [0.4, 0.5) is 5.69 Å². The van der Waals surface area contributed by atoms with E-state index in [0.29, 0.717) is 11.3 Å². The van der Waals surface area contributed by atoms with E-state index in [-0.39, 0.29) is 11.4 Å². The lowest BCUT2D eigenvalue weighted by Gasteiger charge is -2.25. The van der Waals surface area contributed by atoms with Crippen LogP contribution in [0.5, 0.6) is 0 Å². The van der Waals surface area contributed by atoms with Crippen LogP contribution in [0.3, 0.4) is 0 Å². The molecule has 1 amide bonds. The van der Waals surface area contributed by atoms with E-state index in [1.807, 2.05) is 32.9 Å². The third-order valence-corrected chi connectivity index (χ3v) is 2.69. The number of amides is 1. The number of carbonyl (C=O) groups is 1. The Balaban J connectivity index is 2.83. The Morgan fingerprint density at radius 2 is 2.00 bits per heavy atom. The molecule has 17 heavy (non-hydrogen) atoms. The minimum atomic E-state index is -0.176. The highest BCUT2D eigenvalue weighted by molar-refractivity contribution is 5.95. The van der Waals surface area contributed by atoms with Gasteiger partial charge in [-0.05, 0) is 51.0 Å². The molecule has 3 heteroatoms. The third-order valence-electron chi connectivity index (χ3n) is 2.69. The monoisotopic (exact) mass is 234 g/mol. The van der Waals surface area contributed by atoms with Crippen molar-refractivity contribution in [2.45, 2.75) is 46.1 Å². The Morgan fingerprint density at radius 3 is 2.53 bits per heavy atom. The van der Waals surface area contributed by atoms with Crippen LogP contribution in [0.25, 0.3) is 0 Å². The van der Waals surface area contributed by atoms with Crippen molar-refractivity contribution in [1.82, 2.24) is 5.32 Å². The molecule has 0 spiro atoms. The number of rotatable bonds is 4. The lowest BCUT2D eigenvalue weighted by molar-refractivity contribution is 0.0909. The first-order valence-corrected chi connectivity index (χ1v) is 6.04. The predicted molar refractivity (Wildman–Crippen MR) is 72.0 cm³/mol. The standard InChI is InChI=1S/C14H22N2O/c1-5-6-14(3,4)16-13(17)11-7-10(2)8-12(15)9-11/h7-9H,5-6,15H2,1-4H3,(H,16,17).